The fraction of sp³-hybridized carbons (Fsp3) is 0.786. The van der Waals surface area contributed by atoms with Crippen molar-refractivity contribution in [2.45, 2.75) is 52.1 Å². The zero-order valence-electron chi connectivity index (χ0n) is 12.0. The van der Waals surface area contributed by atoms with E-state index in [4.69, 9.17) is 0 Å². The highest BCUT2D eigenvalue weighted by Gasteiger charge is 2.29. The summed E-state index contributed by atoms with van der Waals surface area (Å²) in [6, 6.07) is 0.673. The van der Waals surface area contributed by atoms with E-state index in [1.807, 2.05) is 24.6 Å². The first kappa shape index (κ1) is 13.8. The minimum absolute atomic E-state index is 0.539. The van der Waals surface area contributed by atoms with Gasteiger partial charge in [-0.1, -0.05) is 13.8 Å². The number of rotatable bonds is 4. The first-order valence-electron chi connectivity index (χ1n) is 6.84. The van der Waals surface area contributed by atoms with Crippen LogP contribution in [0.1, 0.15) is 44.4 Å². The van der Waals surface area contributed by atoms with E-state index in [-0.39, 0.29) is 0 Å². The van der Waals surface area contributed by atoms with Crippen LogP contribution in [-0.4, -0.2) is 25.1 Å². The maximum absolute atomic E-state index is 4.55. The van der Waals surface area contributed by atoms with Crippen LogP contribution in [0.4, 0.5) is 5.13 Å². The van der Waals surface area contributed by atoms with Crippen LogP contribution in [0.5, 0.6) is 0 Å². The molecule has 1 N–H and O–H groups in total. The highest BCUT2D eigenvalue weighted by molar-refractivity contribution is 7.15. The van der Waals surface area contributed by atoms with Crippen molar-refractivity contribution in [1.82, 2.24) is 10.3 Å². The summed E-state index contributed by atoms with van der Waals surface area (Å²) in [5, 5.41) is 4.35. The van der Waals surface area contributed by atoms with Crippen LogP contribution in [-0.2, 0) is 6.54 Å². The molecule has 0 saturated heterocycles. The van der Waals surface area contributed by atoms with E-state index in [0.29, 0.717) is 11.5 Å². The van der Waals surface area contributed by atoms with Crippen LogP contribution < -0.4 is 10.2 Å². The van der Waals surface area contributed by atoms with Crippen LogP contribution >= 0.6 is 11.3 Å². The third-order valence-electron chi connectivity index (χ3n) is 4.05. The zero-order valence-corrected chi connectivity index (χ0v) is 12.8. The smallest absolute Gasteiger partial charge is 0.185 e. The van der Waals surface area contributed by atoms with Crippen molar-refractivity contribution in [1.29, 1.82) is 0 Å². The summed E-state index contributed by atoms with van der Waals surface area (Å²) >= 11 is 1.81. The standard InChI is InChI=1S/C14H25N3S/c1-14(2)7-5-11(6-8-14)17(4)13-16-10-12(18-13)9-15-3/h10-11,15H,5-9H2,1-4H3. The van der Waals surface area contributed by atoms with E-state index < -0.39 is 0 Å². The molecule has 18 heavy (non-hydrogen) atoms. The Morgan fingerprint density at radius 2 is 2.11 bits per heavy atom. The van der Waals surface area contributed by atoms with E-state index in [1.54, 1.807) is 0 Å². The van der Waals surface area contributed by atoms with Gasteiger partial charge in [-0.15, -0.1) is 11.3 Å². The number of nitrogens with one attached hydrogen (secondary N) is 1. The van der Waals surface area contributed by atoms with Gasteiger partial charge in [0.2, 0.25) is 0 Å². The Hall–Kier alpha value is -0.610. The van der Waals surface area contributed by atoms with Crippen LogP contribution in [0.3, 0.4) is 0 Å². The molecule has 3 nitrogen and oxygen atoms in total. The average molecular weight is 267 g/mol. The van der Waals surface area contributed by atoms with Gasteiger partial charge in [0.15, 0.2) is 5.13 Å². The van der Waals surface area contributed by atoms with Crippen LogP contribution in [0.25, 0.3) is 0 Å². The van der Waals surface area contributed by atoms with Gasteiger partial charge in [0.05, 0.1) is 0 Å². The molecule has 0 unspecified atom stereocenters. The maximum Gasteiger partial charge on any atom is 0.185 e. The van der Waals surface area contributed by atoms with Gasteiger partial charge in [-0.2, -0.15) is 0 Å². The van der Waals surface area contributed by atoms with Crippen LogP contribution in [0, 0.1) is 5.41 Å². The number of nitrogens with zero attached hydrogens (tertiary/aromatic N) is 2. The Bertz CT molecular complexity index is 376. The minimum Gasteiger partial charge on any atom is -0.348 e. The van der Waals surface area contributed by atoms with Crippen molar-refractivity contribution in [2.75, 3.05) is 19.0 Å². The predicted octanol–water partition coefficient (Wildman–Crippen LogP) is 3.27. The van der Waals surface area contributed by atoms with E-state index >= 15 is 0 Å². The van der Waals surface area contributed by atoms with E-state index in [1.165, 1.54) is 35.7 Å². The Morgan fingerprint density at radius 1 is 1.44 bits per heavy atom. The van der Waals surface area contributed by atoms with Crippen molar-refractivity contribution < 1.29 is 0 Å². The third-order valence-corrected chi connectivity index (χ3v) is 5.14. The second kappa shape index (κ2) is 5.57. The van der Waals surface area contributed by atoms with Crippen molar-refractivity contribution in [3.63, 3.8) is 0 Å². The minimum atomic E-state index is 0.539. The molecule has 0 atom stereocenters. The normalized spacial score (nSPS) is 20.0. The third kappa shape index (κ3) is 3.23. The molecule has 1 saturated carbocycles. The molecule has 0 aliphatic heterocycles. The van der Waals surface area contributed by atoms with Crippen LogP contribution in [0.2, 0.25) is 0 Å². The maximum atomic E-state index is 4.55. The number of hydrogen-bond donors (Lipinski definition) is 1. The summed E-state index contributed by atoms with van der Waals surface area (Å²) in [5.74, 6) is 0. The molecule has 0 aromatic carbocycles. The topological polar surface area (TPSA) is 28.2 Å². The first-order chi connectivity index (χ1) is 8.52. The predicted molar refractivity (Wildman–Crippen MR) is 79.3 cm³/mol. The van der Waals surface area contributed by atoms with Crippen molar-refractivity contribution in [3.8, 4) is 0 Å². The number of aromatic nitrogens is 1. The summed E-state index contributed by atoms with van der Waals surface area (Å²) in [4.78, 5) is 8.25. The number of anilines is 1. The lowest BCUT2D eigenvalue weighted by molar-refractivity contribution is 0.222. The lowest BCUT2D eigenvalue weighted by Gasteiger charge is -2.38. The first-order valence-corrected chi connectivity index (χ1v) is 7.65. The molecule has 0 spiro atoms. The molecule has 0 radical (unpaired) electrons. The Balaban J connectivity index is 1.96. The molecule has 2 rings (SSSR count). The average Bonchev–Trinajstić information content (AvgIpc) is 2.77. The SMILES string of the molecule is CNCc1cnc(N(C)C2CCC(C)(C)CC2)s1. The molecule has 102 valence electrons. The number of thiazole rings is 1. The molecule has 1 aliphatic rings. The second-order valence-corrected chi connectivity index (χ2v) is 7.24. The molecule has 0 bridgehead atoms. The molecule has 1 aromatic heterocycles. The van der Waals surface area contributed by atoms with Gasteiger partial charge in [0.1, 0.15) is 0 Å². The van der Waals surface area contributed by atoms with Gasteiger partial charge in [-0.25, -0.2) is 4.98 Å². The molecule has 0 amide bonds. The van der Waals surface area contributed by atoms with Gasteiger partial charge in [0, 0.05) is 30.7 Å². The van der Waals surface area contributed by atoms with Gasteiger partial charge < -0.3 is 10.2 Å². The van der Waals surface area contributed by atoms with Gasteiger partial charge in [-0.05, 0) is 38.1 Å². The summed E-state index contributed by atoms with van der Waals surface area (Å²) < 4.78 is 0. The Kier molecular flexibility index (Phi) is 4.28. The zero-order chi connectivity index (χ0) is 13.2. The quantitative estimate of drug-likeness (QED) is 0.907. The van der Waals surface area contributed by atoms with Crippen LogP contribution in [0.15, 0.2) is 6.20 Å². The lowest BCUT2D eigenvalue weighted by Crippen LogP contribution is -2.37. The molecule has 1 heterocycles. The monoisotopic (exact) mass is 267 g/mol. The van der Waals surface area contributed by atoms with Gasteiger partial charge in [0.25, 0.3) is 0 Å². The van der Waals surface area contributed by atoms with Crippen molar-refractivity contribution in [2.24, 2.45) is 5.41 Å². The fourth-order valence-corrected chi connectivity index (χ4v) is 3.60. The summed E-state index contributed by atoms with van der Waals surface area (Å²) in [6.45, 7) is 5.69. The number of hydrogen-bond acceptors (Lipinski definition) is 4. The summed E-state index contributed by atoms with van der Waals surface area (Å²) in [7, 11) is 4.18. The summed E-state index contributed by atoms with van der Waals surface area (Å²) in [5.41, 5.74) is 0.539. The van der Waals surface area contributed by atoms with Crippen molar-refractivity contribution in [3.05, 3.63) is 11.1 Å². The fourth-order valence-electron chi connectivity index (χ4n) is 2.64. The van der Waals surface area contributed by atoms with Crippen molar-refractivity contribution >= 4 is 16.5 Å². The van der Waals surface area contributed by atoms with E-state index in [0.717, 1.165) is 6.54 Å². The molecule has 1 aromatic rings. The highest BCUT2D eigenvalue weighted by atomic mass is 32.1. The van der Waals surface area contributed by atoms with Gasteiger partial charge >= 0.3 is 0 Å². The molecular weight excluding hydrogens is 242 g/mol. The molecule has 1 fully saturated rings. The second-order valence-electron chi connectivity index (χ2n) is 6.15. The lowest BCUT2D eigenvalue weighted by atomic mass is 9.75. The summed E-state index contributed by atoms with van der Waals surface area (Å²) in [6.07, 6.45) is 7.25. The van der Waals surface area contributed by atoms with E-state index in [9.17, 15) is 0 Å². The Morgan fingerprint density at radius 3 is 2.72 bits per heavy atom. The molecule has 4 heteroatoms. The van der Waals surface area contributed by atoms with E-state index in [2.05, 4.69) is 36.1 Å². The Labute approximate surface area is 115 Å². The highest BCUT2D eigenvalue weighted by Crippen LogP contribution is 2.38. The molecule has 1 aliphatic carbocycles. The molecular formula is C14H25N3S. The largest absolute Gasteiger partial charge is 0.348 e. The van der Waals surface area contributed by atoms with Gasteiger partial charge in [-0.3, -0.25) is 0 Å².